The first-order chi connectivity index (χ1) is 11.5. The molecule has 2 aromatic rings. The SMILES string of the molecule is Cc1ccc(Cl)cc1S(=O)(=O)NCc1nccc(N2CCCC2)n1. The molecule has 1 aliphatic heterocycles. The molecule has 24 heavy (non-hydrogen) atoms. The molecule has 0 bridgehead atoms. The van der Waals surface area contributed by atoms with E-state index in [0.717, 1.165) is 31.7 Å². The van der Waals surface area contributed by atoms with E-state index in [1.807, 2.05) is 6.07 Å². The molecule has 0 radical (unpaired) electrons. The first-order valence-corrected chi connectivity index (χ1v) is 9.64. The Morgan fingerprint density at radius 1 is 1.25 bits per heavy atom. The van der Waals surface area contributed by atoms with E-state index in [9.17, 15) is 8.42 Å². The van der Waals surface area contributed by atoms with Crippen molar-refractivity contribution in [3.63, 3.8) is 0 Å². The molecule has 3 rings (SSSR count). The zero-order valence-electron chi connectivity index (χ0n) is 13.4. The van der Waals surface area contributed by atoms with Crippen molar-refractivity contribution < 1.29 is 8.42 Å². The monoisotopic (exact) mass is 366 g/mol. The fourth-order valence-corrected chi connectivity index (χ4v) is 4.18. The van der Waals surface area contributed by atoms with E-state index >= 15 is 0 Å². The molecular weight excluding hydrogens is 348 g/mol. The van der Waals surface area contributed by atoms with Crippen molar-refractivity contribution in [2.45, 2.75) is 31.2 Å². The predicted octanol–water partition coefficient (Wildman–Crippen LogP) is 2.52. The lowest BCUT2D eigenvalue weighted by atomic mass is 10.2. The Labute approximate surface area is 146 Å². The Morgan fingerprint density at radius 3 is 2.75 bits per heavy atom. The van der Waals surface area contributed by atoms with Crippen LogP contribution >= 0.6 is 11.6 Å². The highest BCUT2D eigenvalue weighted by molar-refractivity contribution is 7.89. The molecule has 1 N–H and O–H groups in total. The molecule has 0 saturated carbocycles. The zero-order chi connectivity index (χ0) is 17.2. The summed E-state index contributed by atoms with van der Waals surface area (Å²) in [5.74, 6) is 1.29. The number of sulfonamides is 1. The second kappa shape index (κ2) is 7.04. The number of hydrogen-bond donors (Lipinski definition) is 1. The van der Waals surface area contributed by atoms with Crippen LogP contribution in [0.5, 0.6) is 0 Å². The van der Waals surface area contributed by atoms with Gasteiger partial charge in [-0.2, -0.15) is 0 Å². The number of anilines is 1. The smallest absolute Gasteiger partial charge is 0.241 e. The molecule has 1 aliphatic rings. The number of aryl methyl sites for hydroxylation is 1. The summed E-state index contributed by atoms with van der Waals surface area (Å²) >= 11 is 5.91. The number of aromatic nitrogens is 2. The fraction of sp³-hybridized carbons (Fsp3) is 0.375. The van der Waals surface area contributed by atoms with Gasteiger partial charge in [0.2, 0.25) is 10.0 Å². The van der Waals surface area contributed by atoms with Crippen LogP contribution in [-0.2, 0) is 16.6 Å². The molecule has 1 saturated heterocycles. The van der Waals surface area contributed by atoms with Crippen LogP contribution in [0.2, 0.25) is 5.02 Å². The number of nitrogens with one attached hydrogen (secondary N) is 1. The topological polar surface area (TPSA) is 75.2 Å². The molecule has 1 fully saturated rings. The minimum atomic E-state index is -3.67. The van der Waals surface area contributed by atoms with Crippen molar-refractivity contribution in [3.05, 3.63) is 46.9 Å². The number of benzene rings is 1. The van der Waals surface area contributed by atoms with Gasteiger partial charge in [-0.1, -0.05) is 17.7 Å². The fourth-order valence-electron chi connectivity index (χ4n) is 2.70. The first kappa shape index (κ1) is 17.1. The van der Waals surface area contributed by atoms with Crippen LogP contribution in [0.3, 0.4) is 0 Å². The standard InChI is InChI=1S/C16H19ClN4O2S/c1-12-4-5-13(17)10-14(12)24(22,23)19-11-15-18-7-6-16(20-15)21-8-2-3-9-21/h4-7,10,19H,2-3,8-9,11H2,1H3. The van der Waals surface area contributed by atoms with Gasteiger partial charge in [0.05, 0.1) is 11.4 Å². The largest absolute Gasteiger partial charge is 0.357 e. The van der Waals surface area contributed by atoms with Gasteiger partial charge in [0.25, 0.3) is 0 Å². The Hall–Kier alpha value is -1.70. The van der Waals surface area contributed by atoms with E-state index in [2.05, 4.69) is 19.6 Å². The van der Waals surface area contributed by atoms with Gasteiger partial charge < -0.3 is 4.90 Å². The Kier molecular flexibility index (Phi) is 5.03. The van der Waals surface area contributed by atoms with E-state index in [4.69, 9.17) is 11.6 Å². The number of halogens is 1. The highest BCUT2D eigenvalue weighted by atomic mass is 35.5. The molecule has 128 valence electrons. The maximum atomic E-state index is 12.5. The van der Waals surface area contributed by atoms with E-state index < -0.39 is 10.0 Å². The van der Waals surface area contributed by atoms with E-state index in [1.54, 1.807) is 25.3 Å². The predicted molar refractivity (Wildman–Crippen MR) is 93.7 cm³/mol. The third kappa shape index (κ3) is 3.85. The quantitative estimate of drug-likeness (QED) is 0.880. The minimum absolute atomic E-state index is 0.0377. The van der Waals surface area contributed by atoms with Gasteiger partial charge in [-0.25, -0.2) is 23.1 Å². The second-order valence-electron chi connectivity index (χ2n) is 5.76. The van der Waals surface area contributed by atoms with Crippen molar-refractivity contribution in [2.24, 2.45) is 0 Å². The van der Waals surface area contributed by atoms with Gasteiger partial charge in [0.15, 0.2) is 0 Å². The minimum Gasteiger partial charge on any atom is -0.357 e. The molecular formula is C16H19ClN4O2S. The van der Waals surface area contributed by atoms with Crippen molar-refractivity contribution in [2.75, 3.05) is 18.0 Å². The average Bonchev–Trinajstić information content (AvgIpc) is 3.10. The molecule has 2 heterocycles. The van der Waals surface area contributed by atoms with E-state index in [1.165, 1.54) is 6.07 Å². The maximum Gasteiger partial charge on any atom is 0.241 e. The summed E-state index contributed by atoms with van der Waals surface area (Å²) < 4.78 is 27.5. The lowest BCUT2D eigenvalue weighted by Crippen LogP contribution is -2.26. The number of nitrogens with zero attached hydrogens (tertiary/aromatic N) is 3. The van der Waals surface area contributed by atoms with Crippen LogP contribution in [0.15, 0.2) is 35.4 Å². The van der Waals surface area contributed by atoms with Gasteiger partial charge in [-0.05, 0) is 43.5 Å². The van der Waals surface area contributed by atoms with Crippen molar-refractivity contribution in [1.82, 2.24) is 14.7 Å². The molecule has 0 unspecified atom stereocenters. The highest BCUT2D eigenvalue weighted by Crippen LogP contribution is 2.20. The lowest BCUT2D eigenvalue weighted by Gasteiger charge is -2.16. The highest BCUT2D eigenvalue weighted by Gasteiger charge is 2.18. The van der Waals surface area contributed by atoms with Crippen LogP contribution in [0.25, 0.3) is 0 Å². The van der Waals surface area contributed by atoms with Crippen LogP contribution < -0.4 is 9.62 Å². The van der Waals surface area contributed by atoms with E-state index in [-0.39, 0.29) is 11.4 Å². The number of rotatable bonds is 5. The maximum absolute atomic E-state index is 12.5. The Bertz CT molecular complexity index is 836. The summed E-state index contributed by atoms with van der Waals surface area (Å²) in [4.78, 5) is 11.0. The van der Waals surface area contributed by atoms with Gasteiger partial charge in [-0.15, -0.1) is 0 Å². The summed E-state index contributed by atoms with van der Waals surface area (Å²) in [5, 5.41) is 0.383. The third-order valence-corrected chi connectivity index (χ3v) is 5.76. The molecule has 0 spiro atoms. The molecule has 6 nitrogen and oxygen atoms in total. The molecule has 0 atom stereocenters. The van der Waals surface area contributed by atoms with Crippen LogP contribution in [0.1, 0.15) is 24.2 Å². The zero-order valence-corrected chi connectivity index (χ0v) is 14.9. The van der Waals surface area contributed by atoms with Gasteiger partial charge in [0.1, 0.15) is 11.6 Å². The summed E-state index contributed by atoms with van der Waals surface area (Å²) in [6.07, 6.45) is 3.97. The van der Waals surface area contributed by atoms with Gasteiger partial charge in [0, 0.05) is 24.3 Å². The van der Waals surface area contributed by atoms with Gasteiger partial charge in [-0.3, -0.25) is 0 Å². The summed E-state index contributed by atoms with van der Waals surface area (Å²) in [6.45, 7) is 3.72. The lowest BCUT2D eigenvalue weighted by molar-refractivity contribution is 0.578. The third-order valence-electron chi connectivity index (χ3n) is 3.98. The molecule has 1 aromatic carbocycles. The summed E-state index contributed by atoms with van der Waals surface area (Å²) in [5.41, 5.74) is 0.638. The summed E-state index contributed by atoms with van der Waals surface area (Å²) in [7, 11) is -3.67. The van der Waals surface area contributed by atoms with Crippen LogP contribution in [0.4, 0.5) is 5.82 Å². The number of hydrogen-bond acceptors (Lipinski definition) is 5. The molecule has 0 aliphatic carbocycles. The van der Waals surface area contributed by atoms with Crippen molar-refractivity contribution in [1.29, 1.82) is 0 Å². The average molecular weight is 367 g/mol. The Balaban J connectivity index is 1.75. The Morgan fingerprint density at radius 2 is 2.00 bits per heavy atom. The van der Waals surface area contributed by atoms with Gasteiger partial charge >= 0.3 is 0 Å². The summed E-state index contributed by atoms with van der Waals surface area (Å²) in [6, 6.07) is 6.64. The first-order valence-electron chi connectivity index (χ1n) is 7.78. The normalized spacial score (nSPS) is 15.0. The molecule has 0 amide bonds. The van der Waals surface area contributed by atoms with E-state index in [0.29, 0.717) is 16.4 Å². The molecule has 1 aromatic heterocycles. The van der Waals surface area contributed by atoms with Crippen LogP contribution in [0, 0.1) is 6.92 Å². The van der Waals surface area contributed by atoms with Crippen molar-refractivity contribution >= 4 is 27.4 Å². The van der Waals surface area contributed by atoms with Crippen LogP contribution in [-0.4, -0.2) is 31.5 Å². The van der Waals surface area contributed by atoms with Crippen molar-refractivity contribution in [3.8, 4) is 0 Å². The second-order valence-corrected chi connectivity index (χ2v) is 7.93. The molecule has 8 heteroatoms.